The summed E-state index contributed by atoms with van der Waals surface area (Å²) in [4.78, 5) is 24.3. The Morgan fingerprint density at radius 1 is 1.26 bits per heavy atom. The Kier molecular flexibility index (Phi) is 3.49. The third-order valence-corrected chi connectivity index (χ3v) is 3.83. The number of nitrogens with one attached hydrogen (secondary N) is 3. The molecule has 1 aromatic rings. The SMILES string of the molecule is CC1(C)CCC(O)(CNc2n[nH]c(=O)[nH]c2=O)CC1. The number of hydrogen-bond acceptors (Lipinski definition) is 5. The zero-order valence-corrected chi connectivity index (χ0v) is 11.2. The molecule has 0 aromatic carbocycles. The first-order chi connectivity index (χ1) is 8.80. The molecule has 106 valence electrons. The van der Waals surface area contributed by atoms with E-state index in [1.807, 2.05) is 0 Å². The highest BCUT2D eigenvalue weighted by atomic mass is 16.3. The van der Waals surface area contributed by atoms with E-state index in [0.29, 0.717) is 12.8 Å². The lowest BCUT2D eigenvalue weighted by molar-refractivity contribution is -0.0146. The van der Waals surface area contributed by atoms with Crippen LogP contribution in [0.5, 0.6) is 0 Å². The van der Waals surface area contributed by atoms with Crippen LogP contribution in [0.3, 0.4) is 0 Å². The number of aromatic amines is 2. The molecule has 1 aliphatic rings. The molecule has 0 bridgehead atoms. The summed E-state index contributed by atoms with van der Waals surface area (Å²) in [6.45, 7) is 4.63. The minimum absolute atomic E-state index is 0.0258. The van der Waals surface area contributed by atoms with Crippen molar-refractivity contribution in [3.8, 4) is 0 Å². The fraction of sp³-hybridized carbons (Fsp3) is 0.750. The maximum Gasteiger partial charge on any atom is 0.342 e. The summed E-state index contributed by atoms with van der Waals surface area (Å²) in [7, 11) is 0. The maximum absolute atomic E-state index is 11.4. The molecule has 1 saturated carbocycles. The van der Waals surface area contributed by atoms with E-state index in [9.17, 15) is 14.7 Å². The average Bonchev–Trinajstić information content (AvgIpc) is 2.33. The Hall–Kier alpha value is -1.63. The van der Waals surface area contributed by atoms with Gasteiger partial charge < -0.3 is 10.4 Å². The number of aliphatic hydroxyl groups is 1. The van der Waals surface area contributed by atoms with Crippen LogP contribution in [0.4, 0.5) is 5.82 Å². The number of anilines is 1. The zero-order valence-electron chi connectivity index (χ0n) is 11.2. The van der Waals surface area contributed by atoms with Crippen LogP contribution in [0, 0.1) is 5.41 Å². The molecule has 4 N–H and O–H groups in total. The van der Waals surface area contributed by atoms with Gasteiger partial charge in [0.2, 0.25) is 5.82 Å². The summed E-state index contributed by atoms with van der Waals surface area (Å²) in [5, 5.41) is 19.0. The van der Waals surface area contributed by atoms with Gasteiger partial charge in [-0.3, -0.25) is 9.78 Å². The molecule has 7 nitrogen and oxygen atoms in total. The fourth-order valence-corrected chi connectivity index (χ4v) is 2.28. The van der Waals surface area contributed by atoms with E-state index in [1.54, 1.807) is 0 Å². The predicted molar refractivity (Wildman–Crippen MR) is 71.2 cm³/mol. The van der Waals surface area contributed by atoms with Crippen molar-refractivity contribution in [1.29, 1.82) is 0 Å². The summed E-state index contributed by atoms with van der Waals surface area (Å²) in [6, 6.07) is 0. The van der Waals surface area contributed by atoms with E-state index >= 15 is 0 Å². The Balaban J connectivity index is 1.99. The molecule has 0 unspecified atom stereocenters. The van der Waals surface area contributed by atoms with E-state index in [2.05, 4.69) is 34.3 Å². The predicted octanol–water partition coefficient (Wildman–Crippen LogP) is 0.201. The van der Waals surface area contributed by atoms with Crippen molar-refractivity contribution in [2.75, 3.05) is 11.9 Å². The minimum atomic E-state index is -0.820. The van der Waals surface area contributed by atoms with Crippen LogP contribution < -0.4 is 16.6 Å². The van der Waals surface area contributed by atoms with E-state index in [4.69, 9.17) is 0 Å². The zero-order chi connectivity index (χ0) is 14.1. The monoisotopic (exact) mass is 268 g/mol. The van der Waals surface area contributed by atoms with E-state index < -0.39 is 16.9 Å². The molecule has 1 aromatic heterocycles. The lowest BCUT2D eigenvalue weighted by Crippen LogP contribution is -2.43. The van der Waals surface area contributed by atoms with E-state index in [1.165, 1.54) is 0 Å². The molecule has 19 heavy (non-hydrogen) atoms. The van der Waals surface area contributed by atoms with Crippen LogP contribution in [0.15, 0.2) is 9.59 Å². The number of aromatic nitrogens is 3. The molecule has 1 fully saturated rings. The minimum Gasteiger partial charge on any atom is -0.388 e. The largest absolute Gasteiger partial charge is 0.388 e. The topological polar surface area (TPSA) is 111 Å². The maximum atomic E-state index is 11.4. The van der Waals surface area contributed by atoms with Gasteiger partial charge in [0.15, 0.2) is 0 Å². The summed E-state index contributed by atoms with van der Waals surface area (Å²) >= 11 is 0. The number of rotatable bonds is 3. The Morgan fingerprint density at radius 2 is 1.89 bits per heavy atom. The normalized spacial score (nSPS) is 21.0. The first kappa shape index (κ1) is 13.8. The quantitative estimate of drug-likeness (QED) is 0.626. The van der Waals surface area contributed by atoms with Crippen LogP contribution in [-0.2, 0) is 0 Å². The molecular formula is C12H20N4O3. The fourth-order valence-electron chi connectivity index (χ4n) is 2.28. The van der Waals surface area contributed by atoms with Crippen molar-refractivity contribution in [1.82, 2.24) is 15.2 Å². The van der Waals surface area contributed by atoms with Crippen molar-refractivity contribution >= 4 is 5.82 Å². The van der Waals surface area contributed by atoms with Crippen molar-refractivity contribution in [3.05, 3.63) is 20.8 Å². The van der Waals surface area contributed by atoms with Gasteiger partial charge in [0.25, 0.3) is 5.56 Å². The Labute approximate surface area is 110 Å². The van der Waals surface area contributed by atoms with Crippen LogP contribution in [0.2, 0.25) is 0 Å². The molecule has 7 heteroatoms. The third kappa shape index (κ3) is 3.44. The summed E-state index contributed by atoms with van der Waals surface area (Å²) in [5.74, 6) is 0.0258. The second-order valence-electron chi connectivity index (χ2n) is 6.10. The first-order valence-corrected chi connectivity index (χ1v) is 6.45. The highest BCUT2D eigenvalue weighted by Crippen LogP contribution is 2.39. The molecule has 0 spiro atoms. The lowest BCUT2D eigenvalue weighted by Gasteiger charge is -2.40. The molecule has 1 aliphatic carbocycles. The van der Waals surface area contributed by atoms with Crippen molar-refractivity contribution < 1.29 is 5.11 Å². The van der Waals surface area contributed by atoms with Gasteiger partial charge in [-0.2, -0.15) is 0 Å². The van der Waals surface area contributed by atoms with Gasteiger partial charge in [-0.15, -0.1) is 5.10 Å². The molecule has 1 heterocycles. The average molecular weight is 268 g/mol. The van der Waals surface area contributed by atoms with Crippen LogP contribution in [0.25, 0.3) is 0 Å². The van der Waals surface area contributed by atoms with Crippen molar-refractivity contribution in [3.63, 3.8) is 0 Å². The number of hydrogen-bond donors (Lipinski definition) is 4. The molecule has 2 rings (SSSR count). The van der Waals surface area contributed by atoms with E-state index in [0.717, 1.165) is 12.8 Å². The summed E-state index contributed by atoms with van der Waals surface area (Å²) in [5.41, 5.74) is -1.78. The van der Waals surface area contributed by atoms with E-state index in [-0.39, 0.29) is 17.8 Å². The lowest BCUT2D eigenvalue weighted by atomic mass is 9.71. The smallest absolute Gasteiger partial charge is 0.342 e. The summed E-state index contributed by atoms with van der Waals surface area (Å²) in [6.07, 6.45) is 3.27. The van der Waals surface area contributed by atoms with Crippen molar-refractivity contribution in [2.45, 2.75) is 45.1 Å². The van der Waals surface area contributed by atoms with Crippen molar-refractivity contribution in [2.24, 2.45) is 5.41 Å². The molecule has 0 aliphatic heterocycles. The Morgan fingerprint density at radius 3 is 2.47 bits per heavy atom. The van der Waals surface area contributed by atoms with Gasteiger partial charge in [0, 0.05) is 6.54 Å². The third-order valence-electron chi connectivity index (χ3n) is 3.83. The molecule has 0 radical (unpaired) electrons. The first-order valence-electron chi connectivity index (χ1n) is 6.45. The Bertz CT molecular complexity index is 551. The van der Waals surface area contributed by atoms with Crippen LogP contribution >= 0.6 is 0 Å². The standard InChI is InChI=1S/C12H20N4O3/c1-11(2)3-5-12(19,6-4-11)7-13-8-9(17)14-10(18)16-15-8/h19H,3-7H2,1-2H3,(H,13,15)(H2,14,16,17,18). The second kappa shape index (κ2) is 4.80. The van der Waals surface area contributed by atoms with Crippen LogP contribution in [-0.4, -0.2) is 32.4 Å². The molecule has 0 saturated heterocycles. The number of nitrogens with zero attached hydrogens (tertiary/aromatic N) is 1. The van der Waals surface area contributed by atoms with Crippen LogP contribution in [0.1, 0.15) is 39.5 Å². The van der Waals surface area contributed by atoms with Gasteiger partial charge in [0.1, 0.15) is 0 Å². The highest BCUT2D eigenvalue weighted by Gasteiger charge is 2.36. The number of H-pyrrole nitrogens is 2. The van der Waals surface area contributed by atoms with Gasteiger partial charge in [-0.25, -0.2) is 9.89 Å². The molecule has 0 amide bonds. The second-order valence-corrected chi connectivity index (χ2v) is 6.10. The highest BCUT2D eigenvalue weighted by molar-refractivity contribution is 5.29. The van der Waals surface area contributed by atoms with Gasteiger partial charge in [-0.1, -0.05) is 13.8 Å². The molecule has 0 atom stereocenters. The molecular weight excluding hydrogens is 248 g/mol. The van der Waals surface area contributed by atoms with Gasteiger partial charge >= 0.3 is 5.69 Å². The van der Waals surface area contributed by atoms with Gasteiger partial charge in [-0.05, 0) is 31.1 Å². The van der Waals surface area contributed by atoms with Gasteiger partial charge in [0.05, 0.1) is 5.60 Å². The summed E-state index contributed by atoms with van der Waals surface area (Å²) < 4.78 is 0.